The van der Waals surface area contributed by atoms with E-state index in [2.05, 4.69) is 51.5 Å². The van der Waals surface area contributed by atoms with Gasteiger partial charge in [-0.1, -0.05) is 24.3 Å². The summed E-state index contributed by atoms with van der Waals surface area (Å²) in [6.07, 6.45) is 5.43. The van der Waals surface area contributed by atoms with E-state index in [0.29, 0.717) is 12.1 Å². The number of aromatic nitrogens is 3. The summed E-state index contributed by atoms with van der Waals surface area (Å²) in [4.78, 5) is 17.6. The maximum absolute atomic E-state index is 12.7. The van der Waals surface area contributed by atoms with Gasteiger partial charge in [0.1, 0.15) is 11.4 Å². The Morgan fingerprint density at radius 1 is 1.00 bits per heavy atom. The highest BCUT2D eigenvalue weighted by molar-refractivity contribution is 5.97. The second-order valence-corrected chi connectivity index (χ2v) is 7.67. The van der Waals surface area contributed by atoms with Crippen LogP contribution in [0.25, 0.3) is 5.82 Å². The molecule has 1 saturated heterocycles. The zero-order valence-electron chi connectivity index (χ0n) is 17.1. The van der Waals surface area contributed by atoms with Gasteiger partial charge in [-0.15, -0.1) is 0 Å². The smallest absolute Gasteiger partial charge is 0.256 e. The Kier molecular flexibility index (Phi) is 5.78. The van der Waals surface area contributed by atoms with Crippen molar-refractivity contribution in [3.05, 3.63) is 71.7 Å². The molecule has 0 radical (unpaired) electrons. The summed E-state index contributed by atoms with van der Waals surface area (Å²) in [5, 5.41) is 7.26. The van der Waals surface area contributed by atoms with Crippen molar-refractivity contribution in [2.75, 3.05) is 33.2 Å². The third kappa shape index (κ3) is 4.58. The maximum atomic E-state index is 12.7. The Hall–Kier alpha value is -2.90. The average Bonchev–Trinajstić information content (AvgIpc) is 3.38. The number of likely N-dealkylation sites (N-methyl/N-ethyl adjacent to an activating group) is 1. The summed E-state index contributed by atoms with van der Waals surface area (Å²) >= 11 is 0. The lowest BCUT2D eigenvalue weighted by molar-refractivity contribution is 0.0951. The zero-order valence-corrected chi connectivity index (χ0v) is 17.1. The molecule has 4 rings (SSSR count). The van der Waals surface area contributed by atoms with Crippen LogP contribution in [0.4, 0.5) is 0 Å². The molecule has 7 heteroatoms. The van der Waals surface area contributed by atoms with Crippen LogP contribution >= 0.6 is 0 Å². The highest BCUT2D eigenvalue weighted by Gasteiger charge is 2.17. The number of hydrogen-bond acceptors (Lipinski definition) is 4. The molecule has 0 saturated carbocycles. The summed E-state index contributed by atoms with van der Waals surface area (Å²) in [6, 6.07) is 12.4. The van der Waals surface area contributed by atoms with Crippen LogP contribution < -0.4 is 5.32 Å². The number of carbonyl (C=O) groups excluding carboxylic acids is 1. The molecule has 1 fully saturated rings. The van der Waals surface area contributed by atoms with Gasteiger partial charge >= 0.3 is 0 Å². The molecular formula is C22H28N6O. The normalized spacial score (nSPS) is 15.5. The van der Waals surface area contributed by atoms with Gasteiger partial charge in [0, 0.05) is 58.7 Å². The van der Waals surface area contributed by atoms with Crippen molar-refractivity contribution in [3.8, 4) is 5.82 Å². The maximum Gasteiger partial charge on any atom is 0.256 e. The number of carbonyl (C=O) groups is 1. The fourth-order valence-electron chi connectivity index (χ4n) is 3.68. The fourth-order valence-corrected chi connectivity index (χ4v) is 3.68. The molecule has 3 heterocycles. The quantitative estimate of drug-likeness (QED) is 0.696. The van der Waals surface area contributed by atoms with E-state index in [1.807, 2.05) is 36.1 Å². The van der Waals surface area contributed by atoms with Crippen LogP contribution in [0.15, 0.2) is 55.0 Å². The summed E-state index contributed by atoms with van der Waals surface area (Å²) in [5.74, 6) is 0.637. The molecule has 7 nitrogen and oxygen atoms in total. The van der Waals surface area contributed by atoms with Gasteiger partial charge in [0.05, 0.1) is 6.20 Å². The molecule has 0 unspecified atom stereocenters. The van der Waals surface area contributed by atoms with Gasteiger partial charge in [0.25, 0.3) is 5.91 Å². The Labute approximate surface area is 171 Å². The van der Waals surface area contributed by atoms with Gasteiger partial charge in [-0.25, -0.2) is 0 Å². The first-order valence-corrected chi connectivity index (χ1v) is 10.0. The molecular weight excluding hydrogens is 364 g/mol. The van der Waals surface area contributed by atoms with E-state index in [1.165, 1.54) is 5.56 Å². The minimum atomic E-state index is -0.122. The van der Waals surface area contributed by atoms with Crippen LogP contribution in [0, 0.1) is 0 Å². The van der Waals surface area contributed by atoms with Crippen molar-refractivity contribution < 1.29 is 4.79 Å². The summed E-state index contributed by atoms with van der Waals surface area (Å²) in [6.45, 7) is 5.96. The molecule has 1 aliphatic heterocycles. The third-order valence-corrected chi connectivity index (χ3v) is 5.48. The van der Waals surface area contributed by atoms with Gasteiger partial charge in [0.2, 0.25) is 0 Å². The molecule has 0 atom stereocenters. The predicted octanol–water partition coefficient (Wildman–Crippen LogP) is 1.89. The first-order valence-electron chi connectivity index (χ1n) is 10.0. The molecule has 0 aliphatic carbocycles. The van der Waals surface area contributed by atoms with Crippen LogP contribution in [-0.4, -0.2) is 63.3 Å². The molecule has 29 heavy (non-hydrogen) atoms. The van der Waals surface area contributed by atoms with E-state index in [-0.39, 0.29) is 5.91 Å². The van der Waals surface area contributed by atoms with Gasteiger partial charge in [-0.2, -0.15) is 5.10 Å². The van der Waals surface area contributed by atoms with E-state index in [0.717, 1.165) is 44.1 Å². The SMILES string of the molecule is CN1CCN(Cc2ccc(CNC(=O)c3cnn(C)c3-n3cccc3)cc2)CC1. The lowest BCUT2D eigenvalue weighted by Gasteiger charge is -2.32. The van der Waals surface area contributed by atoms with Crippen molar-refractivity contribution in [1.29, 1.82) is 0 Å². The Bertz CT molecular complexity index is 936. The van der Waals surface area contributed by atoms with Crippen molar-refractivity contribution in [3.63, 3.8) is 0 Å². The van der Waals surface area contributed by atoms with Crippen LogP contribution in [0.3, 0.4) is 0 Å². The van der Waals surface area contributed by atoms with Gasteiger partial charge in [-0.3, -0.25) is 14.4 Å². The number of nitrogens with zero attached hydrogens (tertiary/aromatic N) is 5. The van der Waals surface area contributed by atoms with Crippen LogP contribution in [0.2, 0.25) is 0 Å². The van der Waals surface area contributed by atoms with Crippen LogP contribution in [0.5, 0.6) is 0 Å². The standard InChI is InChI=1S/C22H28N6O/c1-25-11-13-27(14-12-25)17-19-7-5-18(6-8-19)15-23-21(29)20-16-24-26(2)22(20)28-9-3-4-10-28/h3-10,16H,11-15,17H2,1-2H3,(H,23,29). The minimum absolute atomic E-state index is 0.122. The van der Waals surface area contributed by atoms with E-state index in [1.54, 1.807) is 10.9 Å². The van der Waals surface area contributed by atoms with E-state index in [4.69, 9.17) is 0 Å². The largest absolute Gasteiger partial charge is 0.348 e. The molecule has 1 aliphatic rings. The van der Waals surface area contributed by atoms with Gasteiger partial charge in [-0.05, 0) is 30.3 Å². The van der Waals surface area contributed by atoms with Crippen molar-refractivity contribution in [2.45, 2.75) is 13.1 Å². The average molecular weight is 393 g/mol. The first-order chi connectivity index (χ1) is 14.1. The highest BCUT2D eigenvalue weighted by atomic mass is 16.1. The third-order valence-electron chi connectivity index (χ3n) is 5.48. The Morgan fingerprint density at radius 3 is 2.34 bits per heavy atom. The molecule has 1 amide bonds. The summed E-state index contributed by atoms with van der Waals surface area (Å²) in [7, 11) is 4.01. The number of aryl methyl sites for hydroxylation is 1. The number of hydrogen-bond donors (Lipinski definition) is 1. The van der Waals surface area contributed by atoms with Crippen molar-refractivity contribution in [2.24, 2.45) is 7.05 Å². The molecule has 0 spiro atoms. The second kappa shape index (κ2) is 8.63. The van der Waals surface area contributed by atoms with Gasteiger partial charge < -0.3 is 14.8 Å². The van der Waals surface area contributed by atoms with Crippen molar-refractivity contribution in [1.82, 2.24) is 29.5 Å². The van der Waals surface area contributed by atoms with Crippen LogP contribution in [0.1, 0.15) is 21.5 Å². The lowest BCUT2D eigenvalue weighted by atomic mass is 10.1. The molecule has 2 aromatic heterocycles. The highest BCUT2D eigenvalue weighted by Crippen LogP contribution is 2.14. The minimum Gasteiger partial charge on any atom is -0.348 e. The molecule has 152 valence electrons. The molecule has 1 N–H and O–H groups in total. The molecule has 1 aromatic carbocycles. The number of amides is 1. The number of nitrogens with one attached hydrogen (secondary N) is 1. The number of benzene rings is 1. The predicted molar refractivity (Wildman–Crippen MR) is 113 cm³/mol. The summed E-state index contributed by atoms with van der Waals surface area (Å²) < 4.78 is 3.61. The Morgan fingerprint density at radius 2 is 1.66 bits per heavy atom. The first kappa shape index (κ1) is 19.4. The topological polar surface area (TPSA) is 58.3 Å². The van der Waals surface area contributed by atoms with E-state index >= 15 is 0 Å². The molecule has 3 aromatic rings. The second-order valence-electron chi connectivity index (χ2n) is 7.67. The van der Waals surface area contributed by atoms with Gasteiger partial charge in [0.15, 0.2) is 0 Å². The Balaban J connectivity index is 1.34. The monoisotopic (exact) mass is 392 g/mol. The number of rotatable bonds is 6. The number of piperazine rings is 1. The lowest BCUT2D eigenvalue weighted by Crippen LogP contribution is -2.43. The fraction of sp³-hybridized carbons (Fsp3) is 0.364. The van der Waals surface area contributed by atoms with E-state index in [9.17, 15) is 4.79 Å². The zero-order chi connectivity index (χ0) is 20.2. The van der Waals surface area contributed by atoms with E-state index < -0.39 is 0 Å². The van der Waals surface area contributed by atoms with Crippen molar-refractivity contribution >= 4 is 5.91 Å². The summed E-state index contributed by atoms with van der Waals surface area (Å²) in [5.41, 5.74) is 2.97. The van der Waals surface area contributed by atoms with Crippen LogP contribution in [-0.2, 0) is 20.1 Å². The molecule has 0 bridgehead atoms.